The summed E-state index contributed by atoms with van der Waals surface area (Å²) < 4.78 is 10.6. The molecule has 0 atom stereocenters. The molecule has 1 aromatic carbocycles. The molecule has 3 heteroatoms. The van der Waals surface area contributed by atoms with Gasteiger partial charge in [-0.3, -0.25) is 4.79 Å². The minimum absolute atomic E-state index is 0.140. The monoisotopic (exact) mass is 262 g/mol. The van der Waals surface area contributed by atoms with Gasteiger partial charge in [-0.2, -0.15) is 0 Å². The minimum Gasteiger partial charge on any atom is -0.496 e. The zero-order chi connectivity index (χ0) is 13.7. The predicted molar refractivity (Wildman–Crippen MR) is 75.1 cm³/mol. The lowest BCUT2D eigenvalue weighted by atomic mass is 9.84. The van der Waals surface area contributed by atoms with E-state index in [1.807, 2.05) is 18.2 Å². The van der Waals surface area contributed by atoms with Crippen molar-refractivity contribution in [1.29, 1.82) is 0 Å². The van der Waals surface area contributed by atoms with Crippen LogP contribution in [0.3, 0.4) is 0 Å². The van der Waals surface area contributed by atoms with Crippen LogP contribution in [0.4, 0.5) is 0 Å². The lowest BCUT2D eigenvalue weighted by Gasteiger charge is -2.21. The standard InChI is InChI=1S/C16H22O3/c1-18-14-9-6-10-15(19-2)16(14)13(17)11-12-7-4-3-5-8-12/h6,9-10,12H,3-5,7-8,11H2,1-2H3. The van der Waals surface area contributed by atoms with Crippen LogP contribution in [0, 0.1) is 5.92 Å². The molecular weight excluding hydrogens is 240 g/mol. The third-order valence-electron chi connectivity index (χ3n) is 3.91. The highest BCUT2D eigenvalue weighted by molar-refractivity contribution is 6.01. The third-order valence-corrected chi connectivity index (χ3v) is 3.91. The van der Waals surface area contributed by atoms with Gasteiger partial charge in [0.2, 0.25) is 0 Å². The number of rotatable bonds is 5. The molecule has 104 valence electrons. The topological polar surface area (TPSA) is 35.5 Å². The van der Waals surface area contributed by atoms with Crippen LogP contribution < -0.4 is 9.47 Å². The van der Waals surface area contributed by atoms with Gasteiger partial charge in [-0.15, -0.1) is 0 Å². The summed E-state index contributed by atoms with van der Waals surface area (Å²) in [7, 11) is 3.18. The lowest BCUT2D eigenvalue weighted by Crippen LogP contribution is -2.13. The Labute approximate surface area is 114 Å². The van der Waals surface area contributed by atoms with Crippen molar-refractivity contribution < 1.29 is 14.3 Å². The summed E-state index contributed by atoms with van der Waals surface area (Å²) in [5.41, 5.74) is 0.595. The fourth-order valence-electron chi connectivity index (χ4n) is 2.88. The highest BCUT2D eigenvalue weighted by Gasteiger charge is 2.23. The molecule has 2 rings (SSSR count). The van der Waals surface area contributed by atoms with E-state index in [9.17, 15) is 4.79 Å². The Morgan fingerprint density at radius 3 is 2.21 bits per heavy atom. The molecule has 1 fully saturated rings. The van der Waals surface area contributed by atoms with Crippen molar-refractivity contribution in [3.8, 4) is 11.5 Å². The molecule has 1 aromatic rings. The number of Topliss-reactive ketones (excluding diaryl/α,β-unsaturated/α-hetero) is 1. The van der Waals surface area contributed by atoms with Crippen LogP contribution in [0.5, 0.6) is 11.5 Å². The molecule has 0 aliphatic heterocycles. The SMILES string of the molecule is COc1cccc(OC)c1C(=O)CC1CCCCC1. The molecule has 19 heavy (non-hydrogen) atoms. The van der Waals surface area contributed by atoms with Crippen molar-refractivity contribution in [2.24, 2.45) is 5.92 Å². The van der Waals surface area contributed by atoms with E-state index in [1.54, 1.807) is 14.2 Å². The Balaban J connectivity index is 2.17. The summed E-state index contributed by atoms with van der Waals surface area (Å²) in [6.07, 6.45) is 6.76. The molecule has 0 aromatic heterocycles. The molecule has 1 saturated carbocycles. The highest BCUT2D eigenvalue weighted by Crippen LogP contribution is 2.33. The van der Waals surface area contributed by atoms with E-state index in [0.717, 1.165) is 0 Å². The van der Waals surface area contributed by atoms with Crippen LogP contribution in [-0.4, -0.2) is 20.0 Å². The summed E-state index contributed by atoms with van der Waals surface area (Å²) in [5.74, 6) is 1.89. The number of ketones is 1. The maximum absolute atomic E-state index is 12.5. The Hall–Kier alpha value is -1.51. The number of hydrogen-bond acceptors (Lipinski definition) is 3. The van der Waals surface area contributed by atoms with Crippen LogP contribution in [0.15, 0.2) is 18.2 Å². The van der Waals surface area contributed by atoms with Crippen molar-refractivity contribution in [1.82, 2.24) is 0 Å². The Kier molecular flexibility index (Phi) is 4.83. The normalized spacial score (nSPS) is 16.1. The number of carbonyl (C=O) groups excluding carboxylic acids is 1. The van der Waals surface area contributed by atoms with Gasteiger partial charge in [-0.25, -0.2) is 0 Å². The van der Waals surface area contributed by atoms with E-state index >= 15 is 0 Å². The van der Waals surface area contributed by atoms with Crippen molar-refractivity contribution in [3.63, 3.8) is 0 Å². The number of hydrogen-bond donors (Lipinski definition) is 0. The smallest absolute Gasteiger partial charge is 0.170 e. The molecule has 0 saturated heterocycles. The van der Waals surface area contributed by atoms with E-state index in [-0.39, 0.29) is 5.78 Å². The summed E-state index contributed by atoms with van der Waals surface area (Å²) in [6.45, 7) is 0. The molecule has 0 amide bonds. The van der Waals surface area contributed by atoms with Crippen molar-refractivity contribution >= 4 is 5.78 Å². The van der Waals surface area contributed by atoms with Crippen molar-refractivity contribution in [2.45, 2.75) is 38.5 Å². The van der Waals surface area contributed by atoms with Crippen LogP contribution in [0.1, 0.15) is 48.9 Å². The molecule has 0 N–H and O–H groups in total. The number of ether oxygens (including phenoxy) is 2. The second-order valence-electron chi connectivity index (χ2n) is 5.17. The first-order chi connectivity index (χ1) is 9.26. The van der Waals surface area contributed by atoms with Crippen LogP contribution in [0.2, 0.25) is 0 Å². The largest absolute Gasteiger partial charge is 0.496 e. The predicted octanol–water partition coefficient (Wildman–Crippen LogP) is 3.86. The first-order valence-corrected chi connectivity index (χ1v) is 7.00. The molecule has 0 radical (unpaired) electrons. The third kappa shape index (κ3) is 3.28. The highest BCUT2D eigenvalue weighted by atomic mass is 16.5. The first-order valence-electron chi connectivity index (χ1n) is 7.00. The Bertz CT molecular complexity index is 411. The molecule has 0 spiro atoms. The van der Waals surface area contributed by atoms with E-state index in [0.29, 0.717) is 29.4 Å². The number of methoxy groups -OCH3 is 2. The number of carbonyl (C=O) groups is 1. The van der Waals surface area contributed by atoms with Crippen LogP contribution in [0.25, 0.3) is 0 Å². The van der Waals surface area contributed by atoms with E-state index in [1.165, 1.54) is 32.1 Å². The summed E-state index contributed by atoms with van der Waals surface area (Å²) in [5, 5.41) is 0. The van der Waals surface area contributed by atoms with Gasteiger partial charge in [0.05, 0.1) is 14.2 Å². The fourth-order valence-corrected chi connectivity index (χ4v) is 2.88. The Morgan fingerprint density at radius 2 is 1.68 bits per heavy atom. The summed E-state index contributed by atoms with van der Waals surface area (Å²) in [4.78, 5) is 12.5. The van der Waals surface area contributed by atoms with Crippen molar-refractivity contribution in [2.75, 3.05) is 14.2 Å². The average molecular weight is 262 g/mol. The van der Waals surface area contributed by atoms with Gasteiger partial charge in [0, 0.05) is 6.42 Å². The average Bonchev–Trinajstić information content (AvgIpc) is 2.47. The van der Waals surface area contributed by atoms with Gasteiger partial charge >= 0.3 is 0 Å². The van der Waals surface area contributed by atoms with Gasteiger partial charge in [0.25, 0.3) is 0 Å². The zero-order valence-electron chi connectivity index (χ0n) is 11.8. The van der Waals surface area contributed by atoms with Gasteiger partial charge < -0.3 is 9.47 Å². The fraction of sp³-hybridized carbons (Fsp3) is 0.562. The van der Waals surface area contributed by atoms with E-state index in [4.69, 9.17) is 9.47 Å². The molecule has 3 nitrogen and oxygen atoms in total. The molecule has 0 heterocycles. The number of benzene rings is 1. The van der Waals surface area contributed by atoms with Gasteiger partial charge in [0.15, 0.2) is 5.78 Å². The molecular formula is C16H22O3. The van der Waals surface area contributed by atoms with Gasteiger partial charge in [0.1, 0.15) is 17.1 Å². The van der Waals surface area contributed by atoms with E-state index in [2.05, 4.69) is 0 Å². The van der Waals surface area contributed by atoms with Crippen molar-refractivity contribution in [3.05, 3.63) is 23.8 Å². The molecule has 1 aliphatic rings. The zero-order valence-corrected chi connectivity index (χ0v) is 11.8. The van der Waals surface area contributed by atoms with E-state index < -0.39 is 0 Å². The first kappa shape index (κ1) is 13.9. The minimum atomic E-state index is 0.140. The molecule has 0 bridgehead atoms. The summed E-state index contributed by atoms with van der Waals surface area (Å²) in [6, 6.07) is 5.47. The molecule has 1 aliphatic carbocycles. The lowest BCUT2D eigenvalue weighted by molar-refractivity contribution is 0.0944. The van der Waals surface area contributed by atoms with Gasteiger partial charge in [-0.05, 0) is 18.1 Å². The second-order valence-corrected chi connectivity index (χ2v) is 5.17. The van der Waals surface area contributed by atoms with Crippen LogP contribution >= 0.6 is 0 Å². The maximum atomic E-state index is 12.5. The maximum Gasteiger partial charge on any atom is 0.170 e. The van der Waals surface area contributed by atoms with Crippen LogP contribution in [-0.2, 0) is 0 Å². The molecule has 0 unspecified atom stereocenters. The Morgan fingerprint density at radius 1 is 1.11 bits per heavy atom. The second kappa shape index (κ2) is 6.60. The summed E-state index contributed by atoms with van der Waals surface area (Å²) >= 11 is 0. The quantitative estimate of drug-likeness (QED) is 0.756. The van der Waals surface area contributed by atoms with Gasteiger partial charge in [-0.1, -0.05) is 38.2 Å².